The second-order valence-corrected chi connectivity index (χ2v) is 9.28. The minimum atomic E-state index is -0.984. The van der Waals surface area contributed by atoms with Crippen molar-refractivity contribution in [3.05, 3.63) is 46.6 Å². The van der Waals surface area contributed by atoms with Crippen molar-refractivity contribution < 1.29 is 23.9 Å². The van der Waals surface area contributed by atoms with E-state index in [1.165, 1.54) is 29.7 Å². The van der Waals surface area contributed by atoms with E-state index in [9.17, 15) is 14.4 Å². The van der Waals surface area contributed by atoms with Crippen LogP contribution in [0.3, 0.4) is 0 Å². The van der Waals surface area contributed by atoms with E-state index in [1.54, 1.807) is 17.0 Å². The van der Waals surface area contributed by atoms with Gasteiger partial charge in [0.25, 0.3) is 5.91 Å². The normalized spacial score (nSPS) is 16.1. The predicted molar refractivity (Wildman–Crippen MR) is 126 cm³/mol. The highest BCUT2D eigenvalue weighted by atomic mass is 35.5. The zero-order chi connectivity index (χ0) is 24.2. The lowest BCUT2D eigenvalue weighted by Gasteiger charge is -2.40. The summed E-state index contributed by atoms with van der Waals surface area (Å²) in [4.78, 5) is 49.4. The van der Waals surface area contributed by atoms with Crippen LogP contribution in [-0.4, -0.2) is 70.4 Å². The van der Waals surface area contributed by atoms with Gasteiger partial charge in [-0.3, -0.25) is 14.4 Å². The molecule has 1 aliphatic rings. The Hall–Kier alpha value is -3.44. The van der Waals surface area contributed by atoms with Gasteiger partial charge >= 0.3 is 5.97 Å². The summed E-state index contributed by atoms with van der Waals surface area (Å²) in [6, 6.07) is 7.85. The number of hydrogen-bond acceptors (Lipinski definition) is 9. The smallest absolute Gasteiger partial charge is 0.308 e. The van der Waals surface area contributed by atoms with Crippen molar-refractivity contribution in [2.45, 2.75) is 19.0 Å². The predicted octanol–water partition coefficient (Wildman–Crippen LogP) is 2.11. The fraction of sp³-hybridized carbons (Fsp3) is 0.318. The van der Waals surface area contributed by atoms with Crippen LogP contribution < -0.4 is 10.5 Å². The third-order valence-electron chi connectivity index (χ3n) is 5.48. The van der Waals surface area contributed by atoms with Gasteiger partial charge in [0.15, 0.2) is 11.7 Å². The Morgan fingerprint density at radius 3 is 2.79 bits per heavy atom. The highest BCUT2D eigenvalue weighted by Gasteiger charge is 2.39. The Bertz CT molecular complexity index is 1240. The number of fused-ring (bicyclic) bond motifs is 1. The molecule has 178 valence electrons. The standard InChI is InChI=1S/C22H22ClN5O5S/c1-32-19(30)9-16-22(31)27(10-13-2-3-14-15(8-13)25-12-26-21(14)24)6-7-28(16)18(29)11-33-20-5-4-17(23)34-20/h2-5,8,12,16H,6-7,9-11H2,1H3,(H2,24,25,26)/t16-/m0/s1. The number of esters is 1. The van der Waals surface area contributed by atoms with Crippen molar-refractivity contribution in [2.24, 2.45) is 0 Å². The summed E-state index contributed by atoms with van der Waals surface area (Å²) in [5.74, 6) is -0.942. The average Bonchev–Trinajstić information content (AvgIpc) is 3.25. The van der Waals surface area contributed by atoms with Crippen LogP contribution >= 0.6 is 22.9 Å². The van der Waals surface area contributed by atoms with Gasteiger partial charge in [0.2, 0.25) is 5.91 Å². The van der Waals surface area contributed by atoms with E-state index in [2.05, 4.69) is 9.97 Å². The Kier molecular flexibility index (Phi) is 7.13. The van der Waals surface area contributed by atoms with Crippen molar-refractivity contribution in [1.29, 1.82) is 0 Å². The molecule has 4 rings (SSSR count). The van der Waals surface area contributed by atoms with Gasteiger partial charge < -0.3 is 25.0 Å². The summed E-state index contributed by atoms with van der Waals surface area (Å²) >= 11 is 7.09. The van der Waals surface area contributed by atoms with Crippen molar-refractivity contribution in [2.75, 3.05) is 32.5 Å². The Morgan fingerprint density at radius 2 is 2.06 bits per heavy atom. The van der Waals surface area contributed by atoms with Crippen LogP contribution in [0.2, 0.25) is 4.34 Å². The molecular weight excluding hydrogens is 482 g/mol. The third kappa shape index (κ3) is 5.20. The summed E-state index contributed by atoms with van der Waals surface area (Å²) < 4.78 is 10.8. The number of rotatable bonds is 7. The lowest BCUT2D eigenvalue weighted by molar-refractivity contribution is -0.157. The molecule has 1 aliphatic heterocycles. The summed E-state index contributed by atoms with van der Waals surface area (Å²) in [5, 5.41) is 1.22. The molecule has 3 aromatic rings. The molecular formula is C22H22ClN5O5S. The number of thiophene rings is 1. The van der Waals surface area contributed by atoms with Crippen molar-refractivity contribution >= 4 is 57.4 Å². The molecule has 0 bridgehead atoms. The van der Waals surface area contributed by atoms with Gasteiger partial charge in [0.05, 0.1) is 23.4 Å². The van der Waals surface area contributed by atoms with E-state index in [-0.39, 0.29) is 25.5 Å². The van der Waals surface area contributed by atoms with Gasteiger partial charge in [0, 0.05) is 25.0 Å². The van der Waals surface area contributed by atoms with Crippen LogP contribution in [0.5, 0.6) is 5.06 Å². The minimum absolute atomic E-state index is 0.246. The molecule has 0 unspecified atom stereocenters. The van der Waals surface area contributed by atoms with Crippen LogP contribution in [0.25, 0.3) is 10.9 Å². The van der Waals surface area contributed by atoms with Crippen LogP contribution in [-0.2, 0) is 25.7 Å². The molecule has 2 amide bonds. The third-order valence-corrected chi connectivity index (χ3v) is 6.63. The maximum absolute atomic E-state index is 13.3. The monoisotopic (exact) mass is 503 g/mol. The molecule has 1 saturated heterocycles. The fourth-order valence-corrected chi connectivity index (χ4v) is 4.64. The van der Waals surface area contributed by atoms with Crippen molar-refractivity contribution in [3.63, 3.8) is 0 Å². The zero-order valence-corrected chi connectivity index (χ0v) is 19.8. The first-order valence-corrected chi connectivity index (χ1v) is 11.6. The second-order valence-electron chi connectivity index (χ2n) is 7.60. The Morgan fingerprint density at radius 1 is 1.24 bits per heavy atom. The molecule has 1 fully saturated rings. The number of carbonyl (C=O) groups excluding carboxylic acids is 3. The van der Waals surface area contributed by atoms with E-state index in [4.69, 9.17) is 26.8 Å². The maximum atomic E-state index is 13.3. The van der Waals surface area contributed by atoms with E-state index < -0.39 is 17.9 Å². The number of piperazine rings is 1. The lowest BCUT2D eigenvalue weighted by atomic mass is 10.1. The summed E-state index contributed by atoms with van der Waals surface area (Å²) in [6.45, 7) is 0.580. The average molecular weight is 504 g/mol. The molecule has 0 radical (unpaired) electrons. The molecule has 0 saturated carbocycles. The quantitative estimate of drug-likeness (QED) is 0.485. The summed E-state index contributed by atoms with van der Waals surface area (Å²) in [7, 11) is 1.24. The minimum Gasteiger partial charge on any atom is -0.474 e. The van der Waals surface area contributed by atoms with Crippen LogP contribution in [0.1, 0.15) is 12.0 Å². The van der Waals surface area contributed by atoms with Crippen molar-refractivity contribution in [1.82, 2.24) is 19.8 Å². The van der Waals surface area contributed by atoms with Crippen molar-refractivity contribution in [3.8, 4) is 5.06 Å². The number of aromatic nitrogens is 2. The van der Waals surface area contributed by atoms with Gasteiger partial charge in [-0.1, -0.05) is 29.0 Å². The number of ether oxygens (including phenoxy) is 2. The lowest BCUT2D eigenvalue weighted by Crippen LogP contribution is -2.59. The number of carbonyl (C=O) groups is 3. The number of halogens is 1. The van der Waals surface area contributed by atoms with Gasteiger partial charge in [0.1, 0.15) is 18.2 Å². The maximum Gasteiger partial charge on any atom is 0.308 e. The number of hydrogen-bond donors (Lipinski definition) is 1. The number of methoxy groups -OCH3 is 1. The number of anilines is 1. The Labute approximate surface area is 204 Å². The number of amides is 2. The molecule has 1 aromatic carbocycles. The first-order chi connectivity index (χ1) is 16.4. The number of benzene rings is 1. The molecule has 2 N–H and O–H groups in total. The second kappa shape index (κ2) is 10.2. The molecule has 10 nitrogen and oxygen atoms in total. The fourth-order valence-electron chi connectivity index (χ4n) is 3.77. The summed E-state index contributed by atoms with van der Waals surface area (Å²) in [6.07, 6.45) is 1.14. The number of nitrogen functional groups attached to an aromatic ring is 1. The van der Waals surface area contributed by atoms with E-state index in [0.29, 0.717) is 33.8 Å². The van der Waals surface area contributed by atoms with E-state index >= 15 is 0 Å². The molecule has 0 aliphatic carbocycles. The first-order valence-electron chi connectivity index (χ1n) is 10.4. The van der Waals surface area contributed by atoms with E-state index in [1.807, 2.05) is 18.2 Å². The molecule has 2 aromatic heterocycles. The molecule has 12 heteroatoms. The Balaban J connectivity index is 1.48. The number of nitrogens with zero attached hydrogens (tertiary/aromatic N) is 4. The van der Waals surface area contributed by atoms with Crippen LogP contribution in [0, 0.1) is 0 Å². The highest BCUT2D eigenvalue weighted by Crippen LogP contribution is 2.28. The van der Waals surface area contributed by atoms with Crippen LogP contribution in [0.15, 0.2) is 36.7 Å². The topological polar surface area (TPSA) is 128 Å². The number of nitrogens with two attached hydrogens (primary N) is 1. The summed E-state index contributed by atoms with van der Waals surface area (Å²) in [5.41, 5.74) is 7.39. The highest BCUT2D eigenvalue weighted by molar-refractivity contribution is 7.17. The SMILES string of the molecule is COC(=O)C[C@H]1C(=O)N(Cc2ccc3c(N)ncnc3c2)CCN1C(=O)COc1ccc(Cl)s1. The van der Waals surface area contributed by atoms with Gasteiger partial charge in [-0.15, -0.1) is 0 Å². The van der Waals surface area contributed by atoms with Gasteiger partial charge in [-0.25, -0.2) is 9.97 Å². The molecule has 0 spiro atoms. The molecule has 34 heavy (non-hydrogen) atoms. The molecule has 3 heterocycles. The zero-order valence-electron chi connectivity index (χ0n) is 18.3. The van der Waals surface area contributed by atoms with Gasteiger partial charge in [-0.2, -0.15) is 0 Å². The van der Waals surface area contributed by atoms with Crippen LogP contribution in [0.4, 0.5) is 5.82 Å². The van der Waals surface area contributed by atoms with Gasteiger partial charge in [-0.05, 0) is 29.8 Å². The first kappa shape index (κ1) is 23.7. The largest absolute Gasteiger partial charge is 0.474 e. The molecule has 1 atom stereocenters. The van der Waals surface area contributed by atoms with E-state index in [0.717, 1.165) is 10.9 Å².